The first-order chi connectivity index (χ1) is 23.1. The molecule has 9 nitrogen and oxygen atoms in total. The third kappa shape index (κ3) is 4.89. The van der Waals surface area contributed by atoms with Crippen molar-refractivity contribution in [2.75, 3.05) is 25.7 Å². The second kappa shape index (κ2) is 12.1. The molecule has 1 amide bonds. The van der Waals surface area contributed by atoms with Crippen LogP contribution in [0.5, 0.6) is 11.5 Å². The number of fused-ring (bicyclic) bond motifs is 3. The van der Waals surface area contributed by atoms with Crippen molar-refractivity contribution in [2.24, 2.45) is 5.92 Å². The van der Waals surface area contributed by atoms with Crippen molar-refractivity contribution < 1.29 is 24.1 Å². The van der Waals surface area contributed by atoms with Gasteiger partial charge in [0.05, 0.1) is 57.2 Å². The Morgan fingerprint density at radius 1 is 0.917 bits per heavy atom. The molecule has 0 radical (unpaired) electrons. The highest BCUT2D eigenvalue weighted by atomic mass is 28.3. The van der Waals surface area contributed by atoms with Gasteiger partial charge in [0.15, 0.2) is 5.60 Å². The maximum Gasteiger partial charge on any atom is 0.279 e. The SMILES string of the molecule is COc1ccc([Si](C)(C)[C@H]2[C@H](CCO)O[C@@]3(C(=O)N(Cc4ccc(-n5[nH]c6ccccc6c5=O)cc4)c4ccc(OC)cc43)[C@@H]2C)cc1. The number of carbonyl (C=O) groups is 1. The number of aromatic amines is 1. The number of ether oxygens (including phenoxy) is 3. The lowest BCUT2D eigenvalue weighted by Crippen LogP contribution is -2.51. The number of aliphatic hydroxyl groups is 1. The number of para-hydroxylation sites is 1. The number of nitrogens with zero attached hydrogens (tertiary/aromatic N) is 2. The number of anilines is 1. The number of aliphatic hydroxyl groups excluding tert-OH is 1. The molecular weight excluding hydrogens is 623 g/mol. The normalized spacial score (nSPS) is 22.1. The highest BCUT2D eigenvalue weighted by Crippen LogP contribution is 2.60. The molecule has 0 saturated carbocycles. The van der Waals surface area contributed by atoms with Gasteiger partial charge in [-0.2, -0.15) is 0 Å². The number of hydrogen-bond donors (Lipinski definition) is 2. The number of methoxy groups -OCH3 is 2. The van der Waals surface area contributed by atoms with Crippen molar-refractivity contribution in [3.8, 4) is 17.2 Å². The van der Waals surface area contributed by atoms with Crippen molar-refractivity contribution in [1.82, 2.24) is 9.78 Å². The number of aromatic nitrogens is 2. The van der Waals surface area contributed by atoms with E-state index in [0.717, 1.165) is 28.1 Å². The zero-order valence-electron chi connectivity index (χ0n) is 27.9. The maximum absolute atomic E-state index is 14.9. The van der Waals surface area contributed by atoms with Gasteiger partial charge in [0.25, 0.3) is 11.5 Å². The summed E-state index contributed by atoms with van der Waals surface area (Å²) in [6.45, 7) is 7.08. The molecule has 0 aliphatic carbocycles. The molecule has 1 aromatic heterocycles. The van der Waals surface area contributed by atoms with Gasteiger partial charge in [-0.15, -0.1) is 0 Å². The minimum absolute atomic E-state index is 0.0360. The Bertz CT molecular complexity index is 2040. The summed E-state index contributed by atoms with van der Waals surface area (Å²) in [5.74, 6) is 1.16. The Morgan fingerprint density at radius 2 is 1.60 bits per heavy atom. The van der Waals surface area contributed by atoms with Crippen LogP contribution < -0.4 is 25.1 Å². The quantitative estimate of drug-likeness (QED) is 0.203. The lowest BCUT2D eigenvalue weighted by atomic mass is 9.82. The third-order valence-electron chi connectivity index (χ3n) is 10.6. The summed E-state index contributed by atoms with van der Waals surface area (Å²) in [7, 11) is 0.996. The van der Waals surface area contributed by atoms with E-state index in [1.807, 2.05) is 83.8 Å². The molecule has 10 heteroatoms. The standard InChI is InChI=1S/C38H41N3O6Si/c1-24-35(48(4,5)29-17-14-27(45-2)15-18-29)34(20-21-42)47-38(24)31-22-28(46-3)16-19-33(31)40(37(38)44)23-25-10-12-26(13-11-25)41-36(43)30-8-6-7-9-32(30)39-41/h6-19,22,24,34-35,39,42H,20-21,23H2,1-5H3/t24-,34+,35-,38+/m1/s1. The molecule has 7 rings (SSSR count). The van der Waals surface area contributed by atoms with Gasteiger partial charge in [0, 0.05) is 18.1 Å². The van der Waals surface area contributed by atoms with Crippen LogP contribution in [0.1, 0.15) is 24.5 Å². The highest BCUT2D eigenvalue weighted by Gasteiger charge is 2.66. The van der Waals surface area contributed by atoms with Gasteiger partial charge in [-0.05, 0) is 72.1 Å². The highest BCUT2D eigenvalue weighted by molar-refractivity contribution is 6.91. The number of nitrogens with one attached hydrogen (secondary N) is 1. The number of amides is 1. The minimum Gasteiger partial charge on any atom is -0.497 e. The fourth-order valence-electron chi connectivity index (χ4n) is 8.15. The second-order valence-electron chi connectivity index (χ2n) is 13.4. The van der Waals surface area contributed by atoms with Crippen molar-refractivity contribution in [1.29, 1.82) is 0 Å². The summed E-state index contributed by atoms with van der Waals surface area (Å²) in [4.78, 5) is 29.8. The van der Waals surface area contributed by atoms with Crippen LogP contribution in [-0.2, 0) is 21.7 Å². The topological polar surface area (TPSA) is 106 Å². The van der Waals surface area contributed by atoms with Gasteiger partial charge >= 0.3 is 0 Å². The average molecular weight is 664 g/mol. The van der Waals surface area contributed by atoms with Crippen molar-refractivity contribution >= 4 is 35.8 Å². The first-order valence-corrected chi connectivity index (χ1v) is 19.4. The van der Waals surface area contributed by atoms with Gasteiger partial charge in [-0.3, -0.25) is 14.7 Å². The van der Waals surface area contributed by atoms with E-state index < -0.39 is 13.7 Å². The molecular formula is C38H41N3O6Si. The molecule has 4 atom stereocenters. The van der Waals surface area contributed by atoms with E-state index in [4.69, 9.17) is 14.2 Å². The Balaban J connectivity index is 1.25. The van der Waals surface area contributed by atoms with E-state index in [-0.39, 0.29) is 35.6 Å². The van der Waals surface area contributed by atoms with Crippen LogP contribution in [-0.4, -0.2) is 55.8 Å². The van der Waals surface area contributed by atoms with Crippen LogP contribution in [0.2, 0.25) is 18.6 Å². The number of rotatable bonds is 9. The minimum atomic E-state index is -2.29. The van der Waals surface area contributed by atoms with Crippen molar-refractivity contribution in [3.05, 3.63) is 112 Å². The lowest BCUT2D eigenvalue weighted by Gasteiger charge is -2.37. The second-order valence-corrected chi connectivity index (χ2v) is 18.1. The van der Waals surface area contributed by atoms with Gasteiger partial charge in [0.2, 0.25) is 0 Å². The summed E-state index contributed by atoms with van der Waals surface area (Å²) in [5, 5.41) is 15.2. The van der Waals surface area contributed by atoms with E-state index in [1.54, 1.807) is 14.2 Å². The summed E-state index contributed by atoms with van der Waals surface area (Å²) >= 11 is 0. The van der Waals surface area contributed by atoms with Gasteiger partial charge in [-0.25, -0.2) is 4.68 Å². The predicted molar refractivity (Wildman–Crippen MR) is 189 cm³/mol. The Labute approximate surface area is 280 Å². The van der Waals surface area contributed by atoms with Crippen LogP contribution in [0.25, 0.3) is 16.6 Å². The Hall–Kier alpha value is -4.64. The summed E-state index contributed by atoms with van der Waals surface area (Å²) in [5.41, 5.74) is 2.67. The van der Waals surface area contributed by atoms with E-state index >= 15 is 0 Å². The fourth-order valence-corrected chi connectivity index (χ4v) is 12.2. The Kier molecular flexibility index (Phi) is 8.05. The molecule has 0 unspecified atom stereocenters. The molecule has 1 saturated heterocycles. The Morgan fingerprint density at radius 3 is 2.27 bits per heavy atom. The monoisotopic (exact) mass is 663 g/mol. The lowest BCUT2D eigenvalue weighted by molar-refractivity contribution is -0.146. The number of H-pyrrole nitrogens is 1. The van der Waals surface area contributed by atoms with Crippen molar-refractivity contribution in [3.63, 3.8) is 0 Å². The average Bonchev–Trinajstić information content (AvgIpc) is 3.68. The molecule has 0 bridgehead atoms. The summed E-state index contributed by atoms with van der Waals surface area (Å²) in [6.07, 6.45) is 0.121. The van der Waals surface area contributed by atoms with Gasteiger partial charge in [-0.1, -0.05) is 61.6 Å². The first kappa shape index (κ1) is 31.9. The molecule has 5 aromatic rings. The van der Waals surface area contributed by atoms with E-state index in [0.29, 0.717) is 29.8 Å². The van der Waals surface area contributed by atoms with Crippen LogP contribution >= 0.6 is 0 Å². The van der Waals surface area contributed by atoms with Crippen LogP contribution in [0.3, 0.4) is 0 Å². The molecule has 48 heavy (non-hydrogen) atoms. The summed E-state index contributed by atoms with van der Waals surface area (Å²) < 4.78 is 19.6. The maximum atomic E-state index is 14.9. The predicted octanol–water partition coefficient (Wildman–Crippen LogP) is 5.48. The molecule has 1 spiro atoms. The molecule has 2 aliphatic heterocycles. The number of benzene rings is 4. The van der Waals surface area contributed by atoms with Crippen LogP contribution in [0, 0.1) is 5.92 Å². The summed E-state index contributed by atoms with van der Waals surface area (Å²) in [6, 6.07) is 29.1. The zero-order valence-corrected chi connectivity index (χ0v) is 28.9. The molecule has 2 N–H and O–H groups in total. The third-order valence-corrected chi connectivity index (χ3v) is 14.9. The van der Waals surface area contributed by atoms with E-state index in [2.05, 4.69) is 37.2 Å². The number of carbonyl (C=O) groups excluding carboxylic acids is 1. The molecule has 1 fully saturated rings. The number of hydrogen-bond acceptors (Lipinski definition) is 6. The molecule has 2 aliphatic rings. The van der Waals surface area contributed by atoms with Crippen LogP contribution in [0.15, 0.2) is 95.8 Å². The zero-order chi connectivity index (χ0) is 33.8. The molecule has 3 heterocycles. The van der Waals surface area contributed by atoms with Crippen LogP contribution in [0.4, 0.5) is 5.69 Å². The van der Waals surface area contributed by atoms with Gasteiger partial charge in [0.1, 0.15) is 11.5 Å². The smallest absolute Gasteiger partial charge is 0.279 e. The fraction of sp³-hybridized carbons (Fsp3) is 0.316. The molecule has 4 aromatic carbocycles. The van der Waals surface area contributed by atoms with Gasteiger partial charge < -0.3 is 24.2 Å². The van der Waals surface area contributed by atoms with Crippen molar-refractivity contribution in [2.45, 2.75) is 50.2 Å². The first-order valence-electron chi connectivity index (χ1n) is 16.4. The molecule has 248 valence electrons. The van der Waals surface area contributed by atoms with E-state index in [1.165, 1.54) is 9.87 Å². The van der Waals surface area contributed by atoms with E-state index in [9.17, 15) is 14.7 Å². The largest absolute Gasteiger partial charge is 0.497 e.